The molecule has 0 bridgehead atoms. The lowest BCUT2D eigenvalue weighted by molar-refractivity contribution is -0.0789. The van der Waals surface area contributed by atoms with E-state index in [0.29, 0.717) is 23.9 Å². The van der Waals surface area contributed by atoms with Crippen molar-refractivity contribution in [2.45, 2.75) is 25.2 Å². The van der Waals surface area contributed by atoms with Crippen molar-refractivity contribution >= 4 is 20.8 Å². The Hall–Kier alpha value is -1.50. The van der Waals surface area contributed by atoms with Crippen LogP contribution in [0.4, 0.5) is 0 Å². The predicted molar refractivity (Wildman–Crippen MR) is 103 cm³/mol. The monoisotopic (exact) mass is 373 g/mol. The van der Waals surface area contributed by atoms with E-state index in [2.05, 4.69) is 37.8 Å². The van der Waals surface area contributed by atoms with Crippen molar-refractivity contribution in [1.29, 1.82) is 0 Å². The lowest BCUT2D eigenvalue weighted by Gasteiger charge is -2.57. The molecule has 1 aromatic heterocycles. The minimum absolute atomic E-state index is 0.0756. The average Bonchev–Trinajstić information content (AvgIpc) is 2.88. The second kappa shape index (κ2) is 5.75. The standard InChI is InChI=1S/C20H27N3O2S/c1-19(2)12-20(13-22(3)4)14-23(11-18(19)20)26(24,25)17-7-5-6-15-10-21-9-8-16(15)17/h5-10,18H,11-14H2,1-4H3/t18-,20+/m1/s1. The molecule has 4 rings (SSSR count). The zero-order valence-corrected chi connectivity index (χ0v) is 16.8. The van der Waals surface area contributed by atoms with Crippen molar-refractivity contribution in [2.75, 3.05) is 33.7 Å². The Kier molecular flexibility index (Phi) is 3.95. The molecule has 0 N–H and O–H groups in total. The van der Waals surface area contributed by atoms with E-state index < -0.39 is 10.0 Å². The van der Waals surface area contributed by atoms with Crippen LogP contribution < -0.4 is 0 Å². The summed E-state index contributed by atoms with van der Waals surface area (Å²) in [6, 6.07) is 7.24. The summed E-state index contributed by atoms with van der Waals surface area (Å²) < 4.78 is 28.7. The first-order valence-electron chi connectivity index (χ1n) is 9.13. The lowest BCUT2D eigenvalue weighted by atomic mass is 9.48. The van der Waals surface area contributed by atoms with Gasteiger partial charge in [-0.25, -0.2) is 8.42 Å². The summed E-state index contributed by atoms with van der Waals surface area (Å²) >= 11 is 0. The first-order chi connectivity index (χ1) is 12.2. The van der Waals surface area contributed by atoms with Gasteiger partial charge in [-0.15, -0.1) is 0 Å². The van der Waals surface area contributed by atoms with Crippen molar-refractivity contribution < 1.29 is 8.42 Å². The first kappa shape index (κ1) is 17.9. The number of hydrogen-bond donors (Lipinski definition) is 0. The van der Waals surface area contributed by atoms with E-state index in [4.69, 9.17) is 0 Å². The molecule has 1 saturated heterocycles. The van der Waals surface area contributed by atoms with Gasteiger partial charge in [0.1, 0.15) is 0 Å². The summed E-state index contributed by atoms with van der Waals surface area (Å²) in [4.78, 5) is 6.71. The minimum Gasteiger partial charge on any atom is -0.309 e. The first-order valence-corrected chi connectivity index (χ1v) is 10.6. The summed E-state index contributed by atoms with van der Waals surface area (Å²) in [6.45, 7) is 6.71. The molecule has 2 fully saturated rings. The molecule has 140 valence electrons. The summed E-state index contributed by atoms with van der Waals surface area (Å²) in [6.07, 6.45) is 4.46. The topological polar surface area (TPSA) is 53.5 Å². The highest BCUT2D eigenvalue weighted by molar-refractivity contribution is 7.89. The Labute approximate surface area is 156 Å². The van der Waals surface area contributed by atoms with Crippen molar-refractivity contribution in [3.63, 3.8) is 0 Å². The third-order valence-electron chi connectivity index (χ3n) is 6.26. The molecule has 2 aliphatic rings. The van der Waals surface area contributed by atoms with Gasteiger partial charge in [0, 0.05) is 48.2 Å². The van der Waals surface area contributed by atoms with Crippen LogP contribution in [0.25, 0.3) is 10.8 Å². The number of fused-ring (bicyclic) bond motifs is 2. The number of sulfonamides is 1. The fourth-order valence-electron chi connectivity index (χ4n) is 5.56. The fourth-order valence-corrected chi connectivity index (χ4v) is 7.33. The second-order valence-corrected chi connectivity index (χ2v) is 10.9. The highest BCUT2D eigenvalue weighted by Crippen LogP contribution is 2.63. The van der Waals surface area contributed by atoms with Crippen LogP contribution in [-0.2, 0) is 10.0 Å². The normalized spacial score (nSPS) is 28.3. The van der Waals surface area contributed by atoms with Gasteiger partial charge in [0.05, 0.1) is 4.90 Å². The van der Waals surface area contributed by atoms with Crippen molar-refractivity contribution in [2.24, 2.45) is 16.7 Å². The van der Waals surface area contributed by atoms with Crippen molar-refractivity contribution in [3.8, 4) is 0 Å². The van der Waals surface area contributed by atoms with Crippen LogP contribution in [-0.4, -0.2) is 56.3 Å². The molecule has 1 aliphatic carbocycles. The smallest absolute Gasteiger partial charge is 0.243 e. The van der Waals surface area contributed by atoms with Crippen LogP contribution in [0.5, 0.6) is 0 Å². The number of nitrogens with zero attached hydrogens (tertiary/aromatic N) is 3. The molecule has 5 nitrogen and oxygen atoms in total. The molecular weight excluding hydrogens is 346 g/mol. The summed E-state index contributed by atoms with van der Waals surface area (Å²) in [5.74, 6) is 0.406. The highest BCUT2D eigenvalue weighted by atomic mass is 32.2. The van der Waals surface area contributed by atoms with E-state index in [1.807, 2.05) is 6.07 Å². The SMILES string of the molecule is CN(C)C[C@@]12CN(S(=O)(=O)c3cccc4cnccc34)C[C@@H]1C(C)(C)C2. The molecule has 26 heavy (non-hydrogen) atoms. The van der Waals surface area contributed by atoms with E-state index in [0.717, 1.165) is 23.7 Å². The third kappa shape index (κ3) is 2.58. The van der Waals surface area contributed by atoms with Crippen molar-refractivity contribution in [3.05, 3.63) is 36.7 Å². The summed E-state index contributed by atoms with van der Waals surface area (Å²) in [7, 11) is 0.623. The molecule has 1 aromatic carbocycles. The number of hydrogen-bond acceptors (Lipinski definition) is 4. The predicted octanol–water partition coefficient (Wildman–Crippen LogP) is 2.83. The Morgan fingerprint density at radius 1 is 1.27 bits per heavy atom. The van der Waals surface area contributed by atoms with E-state index in [-0.39, 0.29) is 10.8 Å². The van der Waals surface area contributed by atoms with Gasteiger partial charge >= 0.3 is 0 Å². The van der Waals surface area contributed by atoms with Crippen LogP contribution in [0.3, 0.4) is 0 Å². The van der Waals surface area contributed by atoms with Gasteiger partial charge in [-0.2, -0.15) is 4.31 Å². The molecule has 0 radical (unpaired) electrons. The maximum absolute atomic E-state index is 13.5. The summed E-state index contributed by atoms with van der Waals surface area (Å²) in [5, 5.41) is 1.61. The van der Waals surface area contributed by atoms with Gasteiger partial charge in [0.2, 0.25) is 10.0 Å². The second-order valence-electron chi connectivity index (χ2n) is 8.97. The molecular formula is C20H27N3O2S. The van der Waals surface area contributed by atoms with Gasteiger partial charge in [0.25, 0.3) is 0 Å². The molecule has 2 atom stereocenters. The molecule has 1 aliphatic heterocycles. The van der Waals surface area contributed by atoms with E-state index in [1.165, 1.54) is 0 Å². The molecule has 1 saturated carbocycles. The third-order valence-corrected chi connectivity index (χ3v) is 8.13. The van der Waals surface area contributed by atoms with Crippen LogP contribution in [0, 0.1) is 16.7 Å². The number of rotatable bonds is 4. The fraction of sp³-hybridized carbons (Fsp3) is 0.550. The number of pyridine rings is 1. The number of aromatic nitrogens is 1. The van der Waals surface area contributed by atoms with Crippen LogP contribution in [0.1, 0.15) is 20.3 Å². The minimum atomic E-state index is -3.53. The molecule has 2 aromatic rings. The van der Waals surface area contributed by atoms with Crippen LogP contribution in [0.15, 0.2) is 41.6 Å². The average molecular weight is 374 g/mol. The van der Waals surface area contributed by atoms with Gasteiger partial charge in [-0.3, -0.25) is 4.98 Å². The molecule has 2 heterocycles. The Bertz CT molecular complexity index is 945. The number of benzene rings is 1. The lowest BCUT2D eigenvalue weighted by Crippen LogP contribution is -2.57. The largest absolute Gasteiger partial charge is 0.309 e. The van der Waals surface area contributed by atoms with E-state index in [9.17, 15) is 8.42 Å². The van der Waals surface area contributed by atoms with E-state index in [1.54, 1.807) is 34.9 Å². The Balaban J connectivity index is 1.73. The highest BCUT2D eigenvalue weighted by Gasteiger charge is 2.64. The zero-order chi connectivity index (χ0) is 18.7. The maximum Gasteiger partial charge on any atom is 0.243 e. The van der Waals surface area contributed by atoms with Crippen LogP contribution in [0.2, 0.25) is 0 Å². The van der Waals surface area contributed by atoms with Crippen molar-refractivity contribution in [1.82, 2.24) is 14.2 Å². The van der Waals surface area contributed by atoms with Gasteiger partial charge in [-0.1, -0.05) is 26.0 Å². The van der Waals surface area contributed by atoms with Gasteiger partial charge in [-0.05, 0) is 44.0 Å². The van der Waals surface area contributed by atoms with E-state index >= 15 is 0 Å². The Morgan fingerprint density at radius 2 is 2.04 bits per heavy atom. The van der Waals surface area contributed by atoms with Gasteiger partial charge in [0.15, 0.2) is 0 Å². The maximum atomic E-state index is 13.5. The van der Waals surface area contributed by atoms with Gasteiger partial charge < -0.3 is 4.90 Å². The molecule has 0 unspecified atom stereocenters. The summed E-state index contributed by atoms with van der Waals surface area (Å²) in [5.41, 5.74) is 0.273. The van der Waals surface area contributed by atoms with Crippen LogP contribution >= 0.6 is 0 Å². The zero-order valence-electron chi connectivity index (χ0n) is 15.9. The molecule has 6 heteroatoms. The quantitative estimate of drug-likeness (QED) is 0.827. The molecule has 0 spiro atoms. The molecule has 0 amide bonds. The Morgan fingerprint density at radius 3 is 2.73 bits per heavy atom.